The molecule has 0 aliphatic carbocycles. The first-order valence-corrected chi connectivity index (χ1v) is 1.65. The fourth-order valence-electron chi connectivity index (χ4n) is 0. The van der Waals surface area contributed by atoms with Crippen LogP contribution in [0.2, 0.25) is 0 Å². The molecule has 4 nitrogen and oxygen atoms in total. The average molecular weight is 249 g/mol. The van der Waals surface area contributed by atoms with Crippen LogP contribution in [0.1, 0.15) is 6.92 Å². The molecule has 0 fully saturated rings. The van der Waals surface area contributed by atoms with Crippen molar-refractivity contribution in [2.24, 2.45) is 5.90 Å². The summed E-state index contributed by atoms with van der Waals surface area (Å²) < 4.78 is 6.47. The molecule has 0 saturated carbocycles. The molecule has 0 aromatic carbocycles. The fourth-order valence-corrected chi connectivity index (χ4v) is 0. The van der Waals surface area contributed by atoms with E-state index in [9.17, 15) is 4.79 Å². The van der Waals surface area contributed by atoms with E-state index >= 15 is 0 Å². The summed E-state index contributed by atoms with van der Waals surface area (Å²) >= 11 is 3.64. The number of carbonyl (C=O) groups is 1. The molecule has 0 saturated heterocycles. The minimum atomic E-state index is -0.468. The van der Waals surface area contributed by atoms with Crippen molar-refractivity contribution in [3.8, 4) is 0 Å². The summed E-state index contributed by atoms with van der Waals surface area (Å²) in [4.78, 5) is 13.1. The minimum Gasteiger partial charge on any atom is -0.374 e. The van der Waals surface area contributed by atoms with E-state index in [4.69, 9.17) is 4.66 Å². The maximum absolute atomic E-state index is 9.47. The van der Waals surface area contributed by atoms with Crippen molar-refractivity contribution in [1.29, 1.82) is 0 Å². The van der Waals surface area contributed by atoms with Crippen molar-refractivity contribution >= 4 is 35.2 Å². The van der Waals surface area contributed by atoms with Crippen molar-refractivity contribution in [2.75, 3.05) is 0 Å². The van der Waals surface area contributed by atoms with Gasteiger partial charge in [0.05, 0.1) is 11.9 Å². The molecule has 0 amide bonds. The maximum Gasteiger partial charge on any atom is 0.321 e. The van der Waals surface area contributed by atoms with Crippen molar-refractivity contribution in [2.45, 2.75) is 6.92 Å². The van der Waals surface area contributed by atoms with Crippen molar-refractivity contribution in [1.82, 2.24) is 0 Å². The molecule has 0 bridgehead atoms. The molecule has 7 heteroatoms. The first-order valence-electron chi connectivity index (χ1n) is 1.31. The molecule has 0 aromatic heterocycles. The van der Waals surface area contributed by atoms with Gasteiger partial charge in [-0.2, -0.15) is 5.90 Å². The predicted octanol–water partition coefficient (Wildman–Crippen LogP) is -1.63. The Morgan fingerprint density at radius 2 is 1.78 bits per heavy atom. The van der Waals surface area contributed by atoms with E-state index in [0.29, 0.717) is 0 Å². The van der Waals surface area contributed by atoms with E-state index in [1.54, 1.807) is 0 Å². The van der Waals surface area contributed by atoms with E-state index < -0.39 is 5.97 Å². The van der Waals surface area contributed by atoms with Gasteiger partial charge in [-0.25, -0.2) is 0 Å². The summed E-state index contributed by atoms with van der Waals surface area (Å²) in [7, 11) is 0. The number of halogens is 1. The third kappa shape index (κ3) is 47.8. The molecule has 54 valence electrons. The number of hydrogen-bond acceptors (Lipinski definition) is 4. The molecule has 3 N–H and O–H groups in total. The van der Waals surface area contributed by atoms with Gasteiger partial charge in [0.2, 0.25) is 0 Å². The molecule has 9 heavy (non-hydrogen) atoms. The van der Waals surface area contributed by atoms with Gasteiger partial charge in [-0.1, -0.05) is 0 Å². The van der Waals surface area contributed by atoms with E-state index in [1.165, 1.54) is 6.92 Å². The van der Waals surface area contributed by atoms with Crippen molar-refractivity contribution in [3.63, 3.8) is 0 Å². The molecule has 0 rings (SSSR count). The first-order chi connectivity index (χ1) is 3.27. The molecule has 0 aliphatic rings. The van der Waals surface area contributed by atoms with Gasteiger partial charge in [-0.3, -0.25) is 9.45 Å². The van der Waals surface area contributed by atoms with Crippen LogP contribution in [0.25, 0.3) is 0 Å². The van der Waals surface area contributed by atoms with E-state index in [-0.39, 0.29) is 43.6 Å². The van der Waals surface area contributed by atoms with Crippen LogP contribution in [-0.4, -0.2) is 28.0 Å². The van der Waals surface area contributed by atoms with Crippen LogP contribution in [0, 0.1) is 0 Å². The number of carbonyl (C=O) groups excluding carboxylic acids is 1. The number of nitrogens with two attached hydrogens (primary N) is 1. The summed E-state index contributed by atoms with van der Waals surface area (Å²) in [6.07, 6.45) is 0. The molecule has 0 atom stereocenters. The quantitative estimate of drug-likeness (QED) is 0.399. The summed E-state index contributed by atoms with van der Waals surface area (Å²) in [6.45, 7) is 1.24. The van der Waals surface area contributed by atoms with Gasteiger partial charge >= 0.3 is 5.97 Å². The van der Waals surface area contributed by atoms with E-state index in [1.807, 2.05) is 0 Å². The Bertz CT molecular complexity index is 57.1. The summed E-state index contributed by atoms with van der Waals surface area (Å²) in [5, 5.41) is 0. The van der Waals surface area contributed by atoms with Crippen LogP contribution >= 0.6 is 11.9 Å². The Balaban J connectivity index is -0.0000000286. The molecule has 0 aromatic rings. The maximum atomic E-state index is 9.47. The predicted molar refractivity (Wildman–Crippen MR) is 34.0 cm³/mol. The van der Waals surface area contributed by atoms with Gasteiger partial charge in [0, 0.05) is 33.1 Å². The van der Waals surface area contributed by atoms with Gasteiger partial charge in [0.1, 0.15) is 0 Å². The third-order valence-electron chi connectivity index (χ3n) is 0.166. The zero-order valence-electron chi connectivity index (χ0n) is 4.22. The van der Waals surface area contributed by atoms with Crippen LogP contribution in [0.3, 0.4) is 0 Å². The largest absolute Gasteiger partial charge is 0.374 e. The molecular weight excluding hydrogens is 240 g/mol. The van der Waals surface area contributed by atoms with Crippen LogP contribution < -0.4 is 5.90 Å². The Hall–Kier alpha value is 1.10. The van der Waals surface area contributed by atoms with Gasteiger partial charge in [0.25, 0.3) is 0 Å². The molecule has 0 unspecified atom stereocenters. The second-order valence-electron chi connectivity index (χ2n) is 0.609. The summed E-state index contributed by atoms with van der Waals surface area (Å²) in [6, 6.07) is 0. The normalized spacial score (nSPS) is 4.44. The molecule has 0 spiro atoms. The van der Waals surface area contributed by atoms with Crippen LogP contribution in [0.5, 0.6) is 0 Å². The van der Waals surface area contributed by atoms with Crippen molar-refractivity contribution in [3.05, 3.63) is 0 Å². The minimum absolute atomic E-state index is 0. The molecule has 0 radical (unpaired) electrons. The topological polar surface area (TPSA) is 72.5 Å². The van der Waals surface area contributed by atoms with Gasteiger partial charge < -0.3 is 4.84 Å². The zero-order chi connectivity index (χ0) is 6.28. The Kier molecular flexibility index (Phi) is 57.3. The number of rotatable bonds is 0. The Morgan fingerprint density at radius 3 is 1.78 bits per heavy atom. The van der Waals surface area contributed by atoms with Gasteiger partial charge in [-0.15, -0.1) is 0 Å². The molecular formula is C2H9AlClNO3Zr. The van der Waals surface area contributed by atoms with E-state index in [0.717, 1.165) is 0 Å². The second-order valence-corrected chi connectivity index (χ2v) is 0.609. The molecule has 0 heterocycles. The monoisotopic (exact) mass is 247 g/mol. The fraction of sp³-hybridized carbons (Fsp3) is 0.500. The van der Waals surface area contributed by atoms with Gasteiger partial charge in [0.15, 0.2) is 17.4 Å². The first kappa shape index (κ1) is 22.5. The van der Waals surface area contributed by atoms with Crippen molar-refractivity contribution < 1.29 is 40.5 Å². The summed E-state index contributed by atoms with van der Waals surface area (Å²) in [5.74, 6) is 3.85. The van der Waals surface area contributed by atoms with E-state index in [2.05, 4.69) is 22.6 Å². The average Bonchev–Trinajstić information content (AvgIpc) is 1.73. The standard InChI is InChI=1S/C2H5NO2.Al.ClHO.Zr.3H/c1-2(4)5-3;;1-2;;;;/h3H2,1H3;;2H;;;;. The van der Waals surface area contributed by atoms with Crippen LogP contribution in [0.4, 0.5) is 0 Å². The number of hydrogen-bond donors (Lipinski definition) is 2. The summed E-state index contributed by atoms with van der Waals surface area (Å²) in [5.41, 5.74) is 0. The smallest absolute Gasteiger partial charge is 0.321 e. The Labute approximate surface area is 88.1 Å². The third-order valence-corrected chi connectivity index (χ3v) is 0.166. The van der Waals surface area contributed by atoms with Crippen LogP contribution in [0.15, 0.2) is 0 Å². The Morgan fingerprint density at radius 1 is 1.67 bits per heavy atom. The van der Waals surface area contributed by atoms with Gasteiger partial charge in [-0.05, 0) is 0 Å². The second kappa shape index (κ2) is 23.0. The van der Waals surface area contributed by atoms with Crippen LogP contribution in [-0.2, 0) is 35.8 Å². The molecule has 0 aliphatic heterocycles. The SMILES string of the molecule is CC(=O)ON.OCl.[AlH3].[Zr]. The zero-order valence-corrected chi connectivity index (χ0v) is 7.43.